The Balaban J connectivity index is 1.40. The summed E-state index contributed by atoms with van der Waals surface area (Å²) in [6.07, 6.45) is 0.962. The van der Waals surface area contributed by atoms with Crippen molar-refractivity contribution in [3.63, 3.8) is 0 Å². The highest BCUT2D eigenvalue weighted by molar-refractivity contribution is 5.78. The van der Waals surface area contributed by atoms with Gasteiger partial charge in [0.25, 0.3) is 0 Å². The zero-order valence-corrected chi connectivity index (χ0v) is 18.6. The molecular formula is C27H31N3O2. The van der Waals surface area contributed by atoms with Gasteiger partial charge < -0.3 is 15.4 Å². The number of carbonyl (C=O) groups excluding carboxylic acids is 1. The smallest absolute Gasteiger partial charge is 0.236 e. The van der Waals surface area contributed by atoms with E-state index in [1.54, 1.807) is 7.11 Å². The molecule has 32 heavy (non-hydrogen) atoms. The first-order valence-electron chi connectivity index (χ1n) is 11.2. The van der Waals surface area contributed by atoms with E-state index in [2.05, 4.69) is 53.4 Å². The van der Waals surface area contributed by atoms with Crippen LogP contribution in [0.1, 0.15) is 17.5 Å². The number of nitrogens with zero attached hydrogens (tertiary/aromatic N) is 2. The van der Waals surface area contributed by atoms with Crippen molar-refractivity contribution in [2.45, 2.75) is 25.6 Å². The third-order valence-corrected chi connectivity index (χ3v) is 6.16. The average molecular weight is 430 g/mol. The predicted molar refractivity (Wildman–Crippen MR) is 128 cm³/mol. The molecule has 0 saturated carbocycles. The highest BCUT2D eigenvalue weighted by atomic mass is 16.5. The first-order valence-corrected chi connectivity index (χ1v) is 11.2. The molecule has 5 nitrogen and oxygen atoms in total. The van der Waals surface area contributed by atoms with Gasteiger partial charge in [0.05, 0.1) is 13.7 Å². The number of rotatable bonds is 8. The van der Waals surface area contributed by atoms with E-state index in [0.29, 0.717) is 6.54 Å². The summed E-state index contributed by atoms with van der Waals surface area (Å²) in [7, 11) is 1.68. The summed E-state index contributed by atoms with van der Waals surface area (Å²) < 4.78 is 5.25. The van der Waals surface area contributed by atoms with Crippen LogP contribution in [-0.4, -0.2) is 48.5 Å². The summed E-state index contributed by atoms with van der Waals surface area (Å²) >= 11 is 0. The van der Waals surface area contributed by atoms with Crippen LogP contribution in [0.2, 0.25) is 0 Å². The number of nitrogens with two attached hydrogens (primary N) is 1. The third kappa shape index (κ3) is 5.36. The van der Waals surface area contributed by atoms with E-state index in [1.807, 2.05) is 35.2 Å². The van der Waals surface area contributed by atoms with Crippen LogP contribution in [0.3, 0.4) is 0 Å². The Hall–Kier alpha value is -3.15. The lowest BCUT2D eigenvalue weighted by Crippen LogP contribution is -2.44. The molecule has 0 unspecified atom stereocenters. The first-order chi connectivity index (χ1) is 15.7. The molecule has 1 saturated heterocycles. The van der Waals surface area contributed by atoms with Crippen LogP contribution < -0.4 is 10.5 Å². The zero-order valence-electron chi connectivity index (χ0n) is 18.6. The van der Waals surface area contributed by atoms with Gasteiger partial charge in [0.1, 0.15) is 5.75 Å². The molecule has 0 radical (unpaired) electrons. The van der Waals surface area contributed by atoms with Gasteiger partial charge in [0.2, 0.25) is 5.91 Å². The molecule has 0 spiro atoms. The van der Waals surface area contributed by atoms with Gasteiger partial charge in [0, 0.05) is 32.2 Å². The average Bonchev–Trinajstić information content (AvgIpc) is 3.31. The minimum absolute atomic E-state index is 0.00781. The van der Waals surface area contributed by atoms with E-state index in [9.17, 15) is 4.79 Å². The zero-order chi connectivity index (χ0) is 22.3. The summed E-state index contributed by atoms with van der Waals surface area (Å²) in [4.78, 5) is 17.1. The van der Waals surface area contributed by atoms with Crippen LogP contribution in [0.15, 0.2) is 78.9 Å². The number of hydrogen-bond donors (Lipinski definition) is 1. The second kappa shape index (κ2) is 10.4. The van der Waals surface area contributed by atoms with Crippen molar-refractivity contribution in [3.8, 4) is 16.9 Å². The first kappa shape index (κ1) is 22.1. The second-order valence-corrected chi connectivity index (χ2v) is 8.31. The molecule has 1 heterocycles. The summed E-state index contributed by atoms with van der Waals surface area (Å²) in [5.41, 5.74) is 10.5. The van der Waals surface area contributed by atoms with Crippen LogP contribution in [0.25, 0.3) is 11.1 Å². The fraction of sp³-hybridized carbons (Fsp3) is 0.296. The number of ether oxygens (including phenoxy) is 1. The number of benzene rings is 3. The Morgan fingerprint density at radius 2 is 1.62 bits per heavy atom. The molecule has 0 aromatic heterocycles. The Kier molecular flexibility index (Phi) is 7.20. The summed E-state index contributed by atoms with van der Waals surface area (Å²) in [6.45, 7) is 3.33. The van der Waals surface area contributed by atoms with Crippen molar-refractivity contribution in [2.75, 3.05) is 26.7 Å². The number of carbonyl (C=O) groups is 1. The largest absolute Gasteiger partial charge is 0.497 e. The molecule has 1 amide bonds. The van der Waals surface area contributed by atoms with Gasteiger partial charge in [-0.2, -0.15) is 0 Å². The van der Waals surface area contributed by atoms with Crippen LogP contribution in [-0.2, 0) is 17.9 Å². The normalized spacial score (nSPS) is 16.1. The fourth-order valence-corrected chi connectivity index (χ4v) is 4.37. The van der Waals surface area contributed by atoms with E-state index in [-0.39, 0.29) is 18.5 Å². The standard InChI is InChI=1S/C27H31N3O2/c1-32-26-13-9-21(10-14-26)18-29-16-15-25(20-29)30(27(31)17-28)19-22-7-11-24(12-8-22)23-5-3-2-4-6-23/h2-14,25H,15-20,28H2,1H3/t25-/m0/s1. The predicted octanol–water partition coefficient (Wildman–Crippen LogP) is 3.92. The molecule has 4 rings (SSSR count). The van der Waals surface area contributed by atoms with Crippen molar-refractivity contribution in [2.24, 2.45) is 5.73 Å². The van der Waals surface area contributed by atoms with Gasteiger partial charge in [-0.05, 0) is 40.8 Å². The van der Waals surface area contributed by atoms with Gasteiger partial charge in [-0.1, -0.05) is 66.7 Å². The van der Waals surface area contributed by atoms with E-state index in [0.717, 1.165) is 37.4 Å². The van der Waals surface area contributed by atoms with E-state index in [4.69, 9.17) is 10.5 Å². The molecule has 166 valence electrons. The van der Waals surface area contributed by atoms with E-state index in [1.165, 1.54) is 16.7 Å². The van der Waals surface area contributed by atoms with Gasteiger partial charge >= 0.3 is 0 Å². The fourth-order valence-electron chi connectivity index (χ4n) is 4.37. The maximum Gasteiger partial charge on any atom is 0.236 e. The minimum atomic E-state index is 0.00781. The van der Waals surface area contributed by atoms with Gasteiger partial charge in [0.15, 0.2) is 0 Å². The van der Waals surface area contributed by atoms with Gasteiger partial charge in [-0.15, -0.1) is 0 Å². The number of amides is 1. The number of likely N-dealkylation sites (tertiary alicyclic amines) is 1. The molecule has 0 bridgehead atoms. The van der Waals surface area contributed by atoms with Crippen molar-refractivity contribution in [1.82, 2.24) is 9.80 Å². The molecule has 0 aliphatic carbocycles. The highest BCUT2D eigenvalue weighted by Gasteiger charge is 2.30. The molecular weight excluding hydrogens is 398 g/mol. The SMILES string of the molecule is COc1ccc(CN2CC[C@H](N(Cc3ccc(-c4ccccc4)cc3)C(=O)CN)C2)cc1. The Morgan fingerprint density at radius 1 is 0.969 bits per heavy atom. The maximum absolute atomic E-state index is 12.7. The molecule has 5 heteroatoms. The van der Waals surface area contributed by atoms with Crippen LogP contribution in [0, 0.1) is 0 Å². The summed E-state index contributed by atoms with van der Waals surface area (Å²) in [5.74, 6) is 0.875. The van der Waals surface area contributed by atoms with Crippen molar-refractivity contribution < 1.29 is 9.53 Å². The van der Waals surface area contributed by atoms with Crippen LogP contribution in [0.4, 0.5) is 0 Å². The lowest BCUT2D eigenvalue weighted by molar-refractivity contribution is -0.132. The summed E-state index contributed by atoms with van der Waals surface area (Å²) in [6, 6.07) is 27.2. The Labute approximate surface area is 190 Å². The maximum atomic E-state index is 12.7. The number of hydrogen-bond acceptors (Lipinski definition) is 4. The van der Waals surface area contributed by atoms with E-state index < -0.39 is 0 Å². The van der Waals surface area contributed by atoms with E-state index >= 15 is 0 Å². The van der Waals surface area contributed by atoms with Crippen molar-refractivity contribution in [3.05, 3.63) is 90.0 Å². The molecule has 3 aromatic carbocycles. The summed E-state index contributed by atoms with van der Waals surface area (Å²) in [5, 5.41) is 0. The molecule has 1 atom stereocenters. The molecule has 1 aliphatic rings. The quantitative estimate of drug-likeness (QED) is 0.590. The molecule has 1 fully saturated rings. The van der Waals surface area contributed by atoms with Crippen molar-refractivity contribution in [1.29, 1.82) is 0 Å². The van der Waals surface area contributed by atoms with Crippen molar-refractivity contribution >= 4 is 5.91 Å². The lowest BCUT2D eigenvalue weighted by Gasteiger charge is -2.29. The Morgan fingerprint density at radius 3 is 2.28 bits per heavy atom. The van der Waals surface area contributed by atoms with Gasteiger partial charge in [-0.25, -0.2) is 0 Å². The third-order valence-electron chi connectivity index (χ3n) is 6.16. The van der Waals surface area contributed by atoms with Crippen LogP contribution >= 0.6 is 0 Å². The highest BCUT2D eigenvalue weighted by Crippen LogP contribution is 2.23. The molecule has 1 aliphatic heterocycles. The monoisotopic (exact) mass is 429 g/mol. The Bertz CT molecular complexity index is 1000. The number of methoxy groups -OCH3 is 1. The topological polar surface area (TPSA) is 58.8 Å². The van der Waals surface area contributed by atoms with Crippen LogP contribution in [0.5, 0.6) is 5.75 Å². The lowest BCUT2D eigenvalue weighted by atomic mass is 10.0. The minimum Gasteiger partial charge on any atom is -0.497 e. The molecule has 3 aromatic rings. The second-order valence-electron chi connectivity index (χ2n) is 8.31. The molecule has 2 N–H and O–H groups in total. The van der Waals surface area contributed by atoms with Gasteiger partial charge in [-0.3, -0.25) is 9.69 Å².